The zero-order valence-electron chi connectivity index (χ0n) is 18.3. The molecule has 0 radical (unpaired) electrons. The van der Waals surface area contributed by atoms with Gasteiger partial charge in [0.25, 0.3) is 0 Å². The average molecular weight is 432 g/mol. The van der Waals surface area contributed by atoms with Crippen LogP contribution in [0.15, 0.2) is 18.2 Å². The van der Waals surface area contributed by atoms with Crippen LogP contribution >= 0.6 is 12.4 Å². The molecule has 0 aliphatic carbocycles. The minimum absolute atomic E-state index is 0. The molecule has 0 bridgehead atoms. The van der Waals surface area contributed by atoms with E-state index in [0.717, 1.165) is 0 Å². The molecule has 0 spiro atoms. The van der Waals surface area contributed by atoms with Crippen molar-refractivity contribution in [3.05, 3.63) is 23.8 Å². The predicted octanol–water partition coefficient (Wildman–Crippen LogP) is 3.43. The van der Waals surface area contributed by atoms with Gasteiger partial charge in [0.1, 0.15) is 11.5 Å². The number of hydrogen-bond acceptors (Lipinski definition) is 6. The summed E-state index contributed by atoms with van der Waals surface area (Å²) >= 11 is 0. The number of carbonyl (C=O) groups excluding carboxylic acids is 2. The highest BCUT2D eigenvalue weighted by Crippen LogP contribution is 2.28. The predicted molar refractivity (Wildman–Crippen MR) is 115 cm³/mol. The maximum Gasteiger partial charge on any atom is 0.414 e. The molecule has 0 aliphatic rings. The number of amides is 2. The minimum atomic E-state index is -0.872. The van der Waals surface area contributed by atoms with Gasteiger partial charge in [0.05, 0.1) is 6.10 Å². The van der Waals surface area contributed by atoms with Gasteiger partial charge in [-0.15, -0.1) is 12.4 Å². The number of benzene rings is 1. The number of aliphatic hydroxyl groups excluding tert-OH is 1. The highest BCUT2D eigenvalue weighted by Gasteiger charge is 2.19. The van der Waals surface area contributed by atoms with Gasteiger partial charge in [-0.1, -0.05) is 0 Å². The Morgan fingerprint density at radius 1 is 1.00 bits per heavy atom. The molecule has 0 saturated carbocycles. The first-order chi connectivity index (χ1) is 13.0. The van der Waals surface area contributed by atoms with E-state index in [9.17, 15) is 14.7 Å². The first kappa shape index (κ1) is 27.0. The van der Waals surface area contributed by atoms with E-state index in [1.54, 1.807) is 26.2 Å². The van der Waals surface area contributed by atoms with E-state index < -0.39 is 18.3 Å². The molecular formula is C20H34ClN3O5. The SMILES string of the molecule is CCN(C)C(=O)Oc1cc(OC(=O)N(C)CC)cc(C(O)CNC(C)(C)C)c1.Cl. The fourth-order valence-electron chi connectivity index (χ4n) is 2.04. The fourth-order valence-corrected chi connectivity index (χ4v) is 2.04. The van der Waals surface area contributed by atoms with E-state index in [2.05, 4.69) is 5.32 Å². The number of hydrogen-bond donors (Lipinski definition) is 2. The quantitative estimate of drug-likeness (QED) is 0.687. The normalized spacial score (nSPS) is 11.9. The Morgan fingerprint density at radius 3 is 1.76 bits per heavy atom. The highest BCUT2D eigenvalue weighted by atomic mass is 35.5. The van der Waals surface area contributed by atoms with Gasteiger partial charge < -0.3 is 29.7 Å². The number of aliphatic hydroxyl groups is 1. The number of rotatable bonds is 7. The molecule has 0 heterocycles. The summed E-state index contributed by atoms with van der Waals surface area (Å²) in [6, 6.07) is 4.59. The van der Waals surface area contributed by atoms with Crippen molar-refractivity contribution in [3.63, 3.8) is 0 Å². The number of nitrogens with zero attached hydrogens (tertiary/aromatic N) is 2. The van der Waals surface area contributed by atoms with Crippen LogP contribution in [0.2, 0.25) is 0 Å². The molecule has 9 heteroatoms. The molecule has 0 aromatic heterocycles. The molecule has 166 valence electrons. The van der Waals surface area contributed by atoms with Crippen LogP contribution in [-0.4, -0.2) is 66.4 Å². The van der Waals surface area contributed by atoms with E-state index in [0.29, 0.717) is 18.7 Å². The standard InChI is InChI=1S/C20H33N3O5.ClH/c1-8-22(6)18(25)27-15-10-14(17(24)13-21-20(3,4)5)11-16(12-15)28-19(26)23(7)9-2;/h10-12,17,21,24H,8-9,13H2,1-7H3;1H. The van der Waals surface area contributed by atoms with Crippen molar-refractivity contribution in [2.75, 3.05) is 33.7 Å². The summed E-state index contributed by atoms with van der Waals surface area (Å²) in [7, 11) is 3.23. The summed E-state index contributed by atoms with van der Waals surface area (Å²) in [5.74, 6) is 0.388. The van der Waals surface area contributed by atoms with E-state index in [4.69, 9.17) is 9.47 Å². The van der Waals surface area contributed by atoms with Gasteiger partial charge in [-0.25, -0.2) is 9.59 Å². The van der Waals surface area contributed by atoms with Gasteiger partial charge in [0.15, 0.2) is 0 Å². The summed E-state index contributed by atoms with van der Waals surface area (Å²) in [6.07, 6.45) is -1.95. The number of carbonyl (C=O) groups is 2. The van der Waals surface area contributed by atoms with Crippen LogP contribution in [0.3, 0.4) is 0 Å². The van der Waals surface area contributed by atoms with Crippen LogP contribution in [0.25, 0.3) is 0 Å². The van der Waals surface area contributed by atoms with Crippen molar-refractivity contribution in [1.82, 2.24) is 15.1 Å². The van der Waals surface area contributed by atoms with Gasteiger partial charge in [0.2, 0.25) is 0 Å². The first-order valence-corrected chi connectivity index (χ1v) is 9.40. The lowest BCUT2D eigenvalue weighted by atomic mass is 10.1. The van der Waals surface area contributed by atoms with E-state index in [1.165, 1.54) is 15.9 Å². The van der Waals surface area contributed by atoms with Crippen molar-refractivity contribution in [1.29, 1.82) is 0 Å². The Hall–Kier alpha value is -2.03. The van der Waals surface area contributed by atoms with Gasteiger partial charge in [-0.3, -0.25) is 0 Å². The summed E-state index contributed by atoms with van der Waals surface area (Å²) in [4.78, 5) is 27.0. The zero-order valence-corrected chi connectivity index (χ0v) is 19.1. The summed E-state index contributed by atoms with van der Waals surface area (Å²) < 4.78 is 10.7. The van der Waals surface area contributed by atoms with Gasteiger partial charge in [-0.05, 0) is 52.3 Å². The third-order valence-corrected chi connectivity index (χ3v) is 4.10. The number of nitrogens with one attached hydrogen (secondary N) is 1. The van der Waals surface area contributed by atoms with Gasteiger partial charge >= 0.3 is 12.2 Å². The first-order valence-electron chi connectivity index (χ1n) is 9.40. The van der Waals surface area contributed by atoms with E-state index in [-0.39, 0.29) is 36.0 Å². The fraction of sp³-hybridized carbons (Fsp3) is 0.600. The van der Waals surface area contributed by atoms with Crippen molar-refractivity contribution < 1.29 is 24.2 Å². The number of halogens is 1. The van der Waals surface area contributed by atoms with Gasteiger partial charge in [-0.2, -0.15) is 0 Å². The molecule has 1 atom stereocenters. The molecule has 1 aromatic rings. The Morgan fingerprint density at radius 2 is 1.41 bits per heavy atom. The molecule has 2 N–H and O–H groups in total. The molecule has 0 fully saturated rings. The lowest BCUT2D eigenvalue weighted by Crippen LogP contribution is -2.38. The topological polar surface area (TPSA) is 91.3 Å². The molecule has 8 nitrogen and oxygen atoms in total. The second-order valence-electron chi connectivity index (χ2n) is 7.65. The summed E-state index contributed by atoms with van der Waals surface area (Å²) in [6.45, 7) is 10.9. The maximum atomic E-state index is 12.1. The molecule has 0 saturated heterocycles. The molecule has 29 heavy (non-hydrogen) atoms. The molecule has 0 aliphatic heterocycles. The van der Waals surface area contributed by atoms with Crippen molar-refractivity contribution >= 4 is 24.6 Å². The Bertz CT molecular complexity index is 636. The van der Waals surface area contributed by atoms with Crippen molar-refractivity contribution in [3.8, 4) is 11.5 Å². The number of ether oxygens (including phenoxy) is 2. The highest BCUT2D eigenvalue weighted by molar-refractivity contribution is 5.85. The molecule has 1 rings (SSSR count). The Kier molecular flexibility index (Phi) is 11.0. The Balaban J connectivity index is 0.00000784. The summed E-state index contributed by atoms with van der Waals surface area (Å²) in [5, 5.41) is 13.8. The monoisotopic (exact) mass is 431 g/mol. The summed E-state index contributed by atoms with van der Waals surface area (Å²) in [5.41, 5.74) is 0.303. The van der Waals surface area contributed by atoms with Crippen LogP contribution in [0.1, 0.15) is 46.3 Å². The molecule has 1 unspecified atom stereocenters. The smallest absolute Gasteiger partial charge is 0.410 e. The largest absolute Gasteiger partial charge is 0.414 e. The molecule has 1 aromatic carbocycles. The van der Waals surface area contributed by atoms with Crippen LogP contribution in [-0.2, 0) is 0 Å². The van der Waals surface area contributed by atoms with Crippen molar-refractivity contribution in [2.45, 2.75) is 46.3 Å². The second kappa shape index (κ2) is 11.8. The minimum Gasteiger partial charge on any atom is -0.410 e. The van der Waals surface area contributed by atoms with E-state index >= 15 is 0 Å². The lowest BCUT2D eigenvalue weighted by Gasteiger charge is -2.23. The second-order valence-corrected chi connectivity index (χ2v) is 7.65. The van der Waals surface area contributed by atoms with Crippen LogP contribution < -0.4 is 14.8 Å². The van der Waals surface area contributed by atoms with Crippen LogP contribution in [0.4, 0.5) is 9.59 Å². The Labute approximate surface area is 179 Å². The van der Waals surface area contributed by atoms with E-state index in [1.807, 2.05) is 34.6 Å². The molecular weight excluding hydrogens is 398 g/mol. The average Bonchev–Trinajstić information content (AvgIpc) is 2.63. The third kappa shape index (κ3) is 9.34. The van der Waals surface area contributed by atoms with Gasteiger partial charge in [0, 0.05) is 45.3 Å². The lowest BCUT2D eigenvalue weighted by molar-refractivity contribution is 0.156. The van der Waals surface area contributed by atoms with Crippen molar-refractivity contribution in [2.24, 2.45) is 0 Å². The third-order valence-electron chi connectivity index (χ3n) is 4.10. The van der Waals surface area contributed by atoms with Crippen LogP contribution in [0.5, 0.6) is 11.5 Å². The molecule has 2 amide bonds. The number of β-amino-alcohol motifs (C(OH)–C–C–N with tert-alkyl or cyclic N) is 1. The zero-order chi connectivity index (χ0) is 21.5. The maximum absolute atomic E-state index is 12.1. The van der Waals surface area contributed by atoms with Crippen LogP contribution in [0, 0.1) is 0 Å².